The van der Waals surface area contributed by atoms with E-state index < -0.39 is 17.4 Å². The number of amides is 1. The van der Waals surface area contributed by atoms with Gasteiger partial charge in [0.25, 0.3) is 5.91 Å². The third-order valence-electron chi connectivity index (χ3n) is 3.25. The normalized spacial score (nSPS) is 13.6. The molecule has 0 saturated carbocycles. The summed E-state index contributed by atoms with van der Waals surface area (Å²) in [6, 6.07) is 3.41. The maximum atomic E-state index is 12.4. The number of carbonyl (C=O) groups is 2. The maximum Gasteiger partial charge on any atom is 0.305 e. The smallest absolute Gasteiger partial charge is 0.305 e. The van der Waals surface area contributed by atoms with Gasteiger partial charge in [0.2, 0.25) is 0 Å². The fourth-order valence-electron chi connectivity index (χ4n) is 2.08. The lowest BCUT2D eigenvalue weighted by Crippen LogP contribution is -2.50. The van der Waals surface area contributed by atoms with Gasteiger partial charge >= 0.3 is 5.97 Å². The first-order valence-corrected chi connectivity index (χ1v) is 6.86. The summed E-state index contributed by atoms with van der Waals surface area (Å²) < 4.78 is 5.01. The summed E-state index contributed by atoms with van der Waals surface area (Å²) in [6.45, 7) is 5.50. The van der Waals surface area contributed by atoms with E-state index in [0.717, 1.165) is 11.1 Å². The number of ether oxygens (including phenoxy) is 1. The number of hydrogen-bond donors (Lipinski definition) is 2. The molecule has 1 rings (SSSR count). The zero-order valence-corrected chi connectivity index (χ0v) is 13.4. The van der Waals surface area contributed by atoms with Gasteiger partial charge in [0.15, 0.2) is 0 Å². The quantitative estimate of drug-likeness (QED) is 0.846. The van der Waals surface area contributed by atoms with Crippen molar-refractivity contribution in [2.45, 2.75) is 32.7 Å². The number of carboxylic acid groups (broad SMARTS) is 1. The van der Waals surface area contributed by atoms with Crippen LogP contribution >= 0.6 is 11.6 Å². The average Bonchev–Trinajstić information content (AvgIpc) is 2.32. The fraction of sp³-hybridized carbons (Fsp3) is 0.467. The van der Waals surface area contributed by atoms with Crippen molar-refractivity contribution in [3.63, 3.8) is 0 Å². The van der Waals surface area contributed by atoms with E-state index in [-0.39, 0.29) is 13.0 Å². The number of aryl methyl sites for hydroxylation is 2. The van der Waals surface area contributed by atoms with Gasteiger partial charge in [-0.2, -0.15) is 0 Å². The summed E-state index contributed by atoms with van der Waals surface area (Å²) in [5.74, 6) is -1.43. The third-order valence-corrected chi connectivity index (χ3v) is 3.56. The van der Waals surface area contributed by atoms with Crippen LogP contribution in [0, 0.1) is 13.8 Å². The number of benzene rings is 1. The van der Waals surface area contributed by atoms with Gasteiger partial charge in [0.05, 0.1) is 29.2 Å². The molecule has 0 spiro atoms. The molecular formula is C15H20ClNO4. The Bertz CT molecular complexity index is 559. The molecule has 1 amide bonds. The second-order valence-corrected chi connectivity index (χ2v) is 5.84. The molecule has 2 N–H and O–H groups in total. The van der Waals surface area contributed by atoms with E-state index in [1.807, 2.05) is 13.8 Å². The number of aliphatic carboxylic acids is 1. The molecule has 0 fully saturated rings. The second-order valence-electron chi connectivity index (χ2n) is 5.43. The third kappa shape index (κ3) is 4.72. The van der Waals surface area contributed by atoms with Gasteiger partial charge in [0.1, 0.15) is 0 Å². The predicted molar refractivity (Wildman–Crippen MR) is 80.9 cm³/mol. The first-order chi connectivity index (χ1) is 9.68. The number of halogens is 1. The van der Waals surface area contributed by atoms with E-state index >= 15 is 0 Å². The minimum absolute atomic E-state index is 0.0908. The Labute approximate surface area is 129 Å². The van der Waals surface area contributed by atoms with Crippen LogP contribution in [0.4, 0.5) is 0 Å². The van der Waals surface area contributed by atoms with Gasteiger partial charge < -0.3 is 15.2 Å². The SMILES string of the molecule is COCC(C)(CC(=O)O)NC(=O)c1cc(C)c(C)cc1Cl. The van der Waals surface area contributed by atoms with Gasteiger partial charge in [-0.05, 0) is 44.0 Å². The Morgan fingerprint density at radius 1 is 1.33 bits per heavy atom. The molecule has 0 radical (unpaired) electrons. The molecule has 1 aromatic carbocycles. The highest BCUT2D eigenvalue weighted by molar-refractivity contribution is 6.34. The zero-order chi connectivity index (χ0) is 16.2. The molecule has 0 aliphatic heterocycles. The fourth-order valence-corrected chi connectivity index (χ4v) is 2.38. The minimum atomic E-state index is -1.01. The summed E-state index contributed by atoms with van der Waals surface area (Å²) in [7, 11) is 1.45. The molecule has 6 heteroatoms. The first kappa shape index (κ1) is 17.5. The van der Waals surface area contributed by atoms with Crippen LogP contribution in [0.25, 0.3) is 0 Å². The monoisotopic (exact) mass is 313 g/mol. The first-order valence-electron chi connectivity index (χ1n) is 6.48. The molecular weight excluding hydrogens is 294 g/mol. The second kappa shape index (κ2) is 6.91. The van der Waals surface area contributed by atoms with Crippen molar-refractivity contribution < 1.29 is 19.4 Å². The summed E-state index contributed by atoms with van der Waals surface area (Å²) >= 11 is 6.10. The van der Waals surface area contributed by atoms with E-state index in [1.165, 1.54) is 7.11 Å². The lowest BCUT2D eigenvalue weighted by atomic mass is 9.97. The number of carbonyl (C=O) groups excluding carboxylic acids is 1. The van der Waals surface area contributed by atoms with E-state index in [2.05, 4.69) is 5.32 Å². The van der Waals surface area contributed by atoms with Crippen molar-refractivity contribution >= 4 is 23.5 Å². The number of hydrogen-bond acceptors (Lipinski definition) is 3. The topological polar surface area (TPSA) is 75.6 Å². The Kier molecular flexibility index (Phi) is 5.75. The zero-order valence-electron chi connectivity index (χ0n) is 12.6. The predicted octanol–water partition coefficient (Wildman–Crippen LogP) is 2.57. The summed E-state index contributed by atoms with van der Waals surface area (Å²) in [4.78, 5) is 23.3. The van der Waals surface area contributed by atoms with Crippen molar-refractivity contribution in [1.82, 2.24) is 5.32 Å². The standard InChI is InChI=1S/C15H20ClNO4/c1-9-5-11(12(16)6-10(9)2)14(20)17-15(3,8-21-4)7-13(18)19/h5-6H,7-8H2,1-4H3,(H,17,20)(H,18,19). The van der Waals surface area contributed by atoms with Crippen LogP contribution in [0.3, 0.4) is 0 Å². The Hall–Kier alpha value is -1.59. The number of nitrogens with one attached hydrogen (secondary N) is 1. The molecule has 0 aliphatic carbocycles. The minimum Gasteiger partial charge on any atom is -0.481 e. The number of carboxylic acids is 1. The van der Waals surface area contributed by atoms with Gasteiger partial charge in [-0.25, -0.2) is 0 Å². The molecule has 1 unspecified atom stereocenters. The van der Waals surface area contributed by atoms with Gasteiger partial charge in [0, 0.05) is 7.11 Å². The Morgan fingerprint density at radius 2 is 1.90 bits per heavy atom. The van der Waals surface area contributed by atoms with Crippen LogP contribution in [0.5, 0.6) is 0 Å². The van der Waals surface area contributed by atoms with Gasteiger partial charge in [-0.3, -0.25) is 9.59 Å². The lowest BCUT2D eigenvalue weighted by molar-refractivity contribution is -0.139. The van der Waals surface area contributed by atoms with E-state index in [4.69, 9.17) is 21.4 Å². The summed E-state index contributed by atoms with van der Waals surface area (Å²) in [6.07, 6.45) is -0.241. The van der Waals surface area contributed by atoms with Crippen LogP contribution in [0.2, 0.25) is 5.02 Å². The van der Waals surface area contributed by atoms with Crippen LogP contribution in [-0.4, -0.2) is 36.2 Å². The maximum absolute atomic E-state index is 12.4. The highest BCUT2D eigenvalue weighted by Crippen LogP contribution is 2.22. The average molecular weight is 314 g/mol. The van der Waals surface area contributed by atoms with Gasteiger partial charge in [-0.15, -0.1) is 0 Å². The number of methoxy groups -OCH3 is 1. The molecule has 0 bridgehead atoms. The van der Waals surface area contributed by atoms with Crippen LogP contribution in [0.15, 0.2) is 12.1 Å². The van der Waals surface area contributed by atoms with Crippen LogP contribution in [0.1, 0.15) is 34.8 Å². The molecule has 1 aromatic rings. The molecule has 0 aliphatic rings. The molecule has 0 aromatic heterocycles. The van der Waals surface area contributed by atoms with Crippen molar-refractivity contribution in [1.29, 1.82) is 0 Å². The van der Waals surface area contributed by atoms with Crippen molar-refractivity contribution in [2.24, 2.45) is 0 Å². The Morgan fingerprint density at radius 3 is 2.43 bits per heavy atom. The van der Waals surface area contributed by atoms with E-state index in [0.29, 0.717) is 10.6 Å². The van der Waals surface area contributed by atoms with Gasteiger partial charge in [-0.1, -0.05) is 11.6 Å². The highest BCUT2D eigenvalue weighted by Gasteiger charge is 2.30. The molecule has 116 valence electrons. The lowest BCUT2D eigenvalue weighted by Gasteiger charge is -2.28. The highest BCUT2D eigenvalue weighted by atomic mass is 35.5. The van der Waals surface area contributed by atoms with Crippen molar-refractivity contribution in [3.05, 3.63) is 33.8 Å². The van der Waals surface area contributed by atoms with Crippen molar-refractivity contribution in [3.8, 4) is 0 Å². The number of rotatable bonds is 6. The molecule has 1 atom stereocenters. The van der Waals surface area contributed by atoms with Crippen molar-refractivity contribution in [2.75, 3.05) is 13.7 Å². The molecule has 21 heavy (non-hydrogen) atoms. The largest absolute Gasteiger partial charge is 0.481 e. The Balaban J connectivity index is 3.02. The molecule has 0 heterocycles. The molecule has 0 saturated heterocycles. The van der Waals surface area contributed by atoms with E-state index in [1.54, 1.807) is 19.1 Å². The van der Waals surface area contributed by atoms with Crippen LogP contribution in [-0.2, 0) is 9.53 Å². The summed E-state index contributed by atoms with van der Waals surface area (Å²) in [5.41, 5.74) is 1.25. The molecule has 5 nitrogen and oxygen atoms in total. The summed E-state index contributed by atoms with van der Waals surface area (Å²) in [5, 5.41) is 12.0. The van der Waals surface area contributed by atoms with Crippen LogP contribution < -0.4 is 5.32 Å². The van der Waals surface area contributed by atoms with E-state index in [9.17, 15) is 9.59 Å².